The minimum Gasteiger partial charge on any atom is -0.462 e. The molecule has 6 nitrogen and oxygen atoms in total. The SMILES string of the molecule is CCCCC/C=C\CCCCCC(CC(=O)NC(CO)C(O)CCCCCCCCCCCCC)OC(=O)CCCCCCCCC/C=C/CCCCCCCC. The minimum atomic E-state index is -0.787. The fourth-order valence-electron chi connectivity index (χ4n) is 7.65. The molecule has 0 aromatic heterocycles. The first-order chi connectivity index (χ1) is 28.0. The van der Waals surface area contributed by atoms with E-state index in [1.165, 1.54) is 148 Å². The molecule has 0 aromatic carbocycles. The van der Waals surface area contributed by atoms with Gasteiger partial charge >= 0.3 is 5.97 Å². The summed E-state index contributed by atoms with van der Waals surface area (Å²) in [6.07, 6.45) is 51.0. The molecule has 0 bridgehead atoms. The number of amides is 1. The van der Waals surface area contributed by atoms with Crippen LogP contribution in [0, 0.1) is 0 Å². The zero-order valence-corrected chi connectivity index (χ0v) is 38.2. The molecule has 0 saturated carbocycles. The Labute approximate surface area is 354 Å². The van der Waals surface area contributed by atoms with Gasteiger partial charge in [0.25, 0.3) is 0 Å². The summed E-state index contributed by atoms with van der Waals surface area (Å²) in [7, 11) is 0. The maximum absolute atomic E-state index is 13.1. The van der Waals surface area contributed by atoms with Crippen LogP contribution in [0.4, 0.5) is 0 Å². The average Bonchev–Trinajstić information content (AvgIpc) is 3.20. The number of hydrogen-bond acceptors (Lipinski definition) is 5. The third-order valence-corrected chi connectivity index (χ3v) is 11.5. The quantitative estimate of drug-likeness (QED) is 0.0324. The molecule has 0 radical (unpaired) electrons. The van der Waals surface area contributed by atoms with Crippen molar-refractivity contribution in [3.63, 3.8) is 0 Å². The van der Waals surface area contributed by atoms with E-state index in [0.717, 1.165) is 70.6 Å². The number of aliphatic hydroxyl groups excluding tert-OH is 2. The monoisotopic (exact) mass is 804 g/mol. The van der Waals surface area contributed by atoms with Crippen molar-refractivity contribution in [2.45, 2.75) is 283 Å². The molecule has 1 amide bonds. The molecule has 0 heterocycles. The number of aliphatic hydroxyl groups is 2. The summed E-state index contributed by atoms with van der Waals surface area (Å²) in [4.78, 5) is 26.0. The van der Waals surface area contributed by atoms with Crippen molar-refractivity contribution < 1.29 is 24.5 Å². The fraction of sp³-hybridized carbons (Fsp3) is 0.882. The normalized spacial score (nSPS) is 13.4. The van der Waals surface area contributed by atoms with Crippen molar-refractivity contribution in [1.29, 1.82) is 0 Å². The maximum Gasteiger partial charge on any atom is 0.306 e. The number of unbranched alkanes of at least 4 members (excludes halogenated alkanes) is 29. The summed E-state index contributed by atoms with van der Waals surface area (Å²) in [5.41, 5.74) is 0. The van der Waals surface area contributed by atoms with Gasteiger partial charge in [-0.05, 0) is 77.0 Å². The topological polar surface area (TPSA) is 95.9 Å². The van der Waals surface area contributed by atoms with Crippen LogP contribution in [-0.2, 0) is 14.3 Å². The minimum absolute atomic E-state index is 0.0684. The first-order valence-corrected chi connectivity index (χ1v) is 25.1. The lowest BCUT2D eigenvalue weighted by molar-refractivity contribution is -0.151. The highest BCUT2D eigenvalue weighted by Gasteiger charge is 2.24. The molecule has 0 aromatic rings. The Kier molecular flexibility index (Phi) is 44.1. The van der Waals surface area contributed by atoms with E-state index < -0.39 is 18.2 Å². The van der Waals surface area contributed by atoms with Gasteiger partial charge in [-0.15, -0.1) is 0 Å². The zero-order valence-electron chi connectivity index (χ0n) is 38.2. The van der Waals surface area contributed by atoms with E-state index in [2.05, 4.69) is 50.4 Å². The highest BCUT2D eigenvalue weighted by Crippen LogP contribution is 2.17. The van der Waals surface area contributed by atoms with E-state index in [4.69, 9.17) is 4.74 Å². The van der Waals surface area contributed by atoms with Crippen LogP contribution in [0.2, 0.25) is 0 Å². The van der Waals surface area contributed by atoms with Crippen LogP contribution in [0.15, 0.2) is 24.3 Å². The van der Waals surface area contributed by atoms with Crippen LogP contribution < -0.4 is 5.32 Å². The number of nitrogens with one attached hydrogen (secondary N) is 1. The second kappa shape index (κ2) is 45.4. The number of allylic oxidation sites excluding steroid dienone is 4. The van der Waals surface area contributed by atoms with Gasteiger partial charge < -0.3 is 20.3 Å². The van der Waals surface area contributed by atoms with Gasteiger partial charge in [0.2, 0.25) is 5.91 Å². The molecule has 6 heteroatoms. The molecule has 0 saturated heterocycles. The van der Waals surface area contributed by atoms with Gasteiger partial charge in [0, 0.05) is 6.42 Å². The van der Waals surface area contributed by atoms with E-state index in [0.29, 0.717) is 19.3 Å². The molecule has 0 aliphatic carbocycles. The Bertz CT molecular complexity index is 904. The van der Waals surface area contributed by atoms with Crippen LogP contribution in [0.25, 0.3) is 0 Å². The van der Waals surface area contributed by atoms with Crippen molar-refractivity contribution in [3.05, 3.63) is 24.3 Å². The molecular weight excluding hydrogens is 707 g/mol. The molecule has 0 fully saturated rings. The zero-order chi connectivity index (χ0) is 41.7. The third-order valence-electron chi connectivity index (χ3n) is 11.5. The molecule has 0 spiro atoms. The summed E-state index contributed by atoms with van der Waals surface area (Å²) in [5.74, 6) is -0.487. The Morgan fingerprint density at radius 3 is 1.30 bits per heavy atom. The standard InChI is InChI=1S/C51H97NO5/c1-4-7-10-13-16-19-22-23-24-25-26-27-29-32-35-38-41-44-51(56)57-47(42-39-36-33-30-21-18-15-12-9-6-3)45-50(55)52-48(46-53)49(54)43-40-37-34-31-28-20-17-14-11-8-5-2/h18,21,23-24,47-49,53-54H,4-17,19-20,22,25-46H2,1-3H3,(H,52,55)/b21-18-,24-23+. The fourth-order valence-corrected chi connectivity index (χ4v) is 7.65. The lowest BCUT2D eigenvalue weighted by Crippen LogP contribution is -2.46. The van der Waals surface area contributed by atoms with Gasteiger partial charge in [0.15, 0.2) is 0 Å². The summed E-state index contributed by atoms with van der Waals surface area (Å²) >= 11 is 0. The molecule has 3 atom stereocenters. The van der Waals surface area contributed by atoms with Crippen molar-refractivity contribution in [2.75, 3.05) is 6.61 Å². The third kappa shape index (κ3) is 40.9. The van der Waals surface area contributed by atoms with Crippen molar-refractivity contribution in [1.82, 2.24) is 5.32 Å². The molecule has 3 unspecified atom stereocenters. The predicted molar refractivity (Wildman–Crippen MR) is 246 cm³/mol. The lowest BCUT2D eigenvalue weighted by atomic mass is 10.0. The molecular formula is C51H97NO5. The molecule has 0 aliphatic rings. The second-order valence-corrected chi connectivity index (χ2v) is 17.2. The predicted octanol–water partition coefficient (Wildman–Crippen LogP) is 14.7. The Morgan fingerprint density at radius 2 is 0.842 bits per heavy atom. The van der Waals surface area contributed by atoms with Crippen LogP contribution in [0.3, 0.4) is 0 Å². The Morgan fingerprint density at radius 1 is 0.491 bits per heavy atom. The highest BCUT2D eigenvalue weighted by atomic mass is 16.5. The molecule has 336 valence electrons. The second-order valence-electron chi connectivity index (χ2n) is 17.2. The Balaban J connectivity index is 4.49. The van der Waals surface area contributed by atoms with E-state index >= 15 is 0 Å². The Hall–Kier alpha value is -1.66. The van der Waals surface area contributed by atoms with Gasteiger partial charge in [-0.1, -0.05) is 199 Å². The summed E-state index contributed by atoms with van der Waals surface area (Å²) in [6.45, 7) is 6.44. The molecule has 57 heavy (non-hydrogen) atoms. The van der Waals surface area contributed by atoms with Gasteiger partial charge in [-0.3, -0.25) is 9.59 Å². The molecule has 3 N–H and O–H groups in total. The maximum atomic E-state index is 13.1. The number of carbonyl (C=O) groups excluding carboxylic acids is 2. The molecule has 0 aliphatic heterocycles. The van der Waals surface area contributed by atoms with Gasteiger partial charge in [0.1, 0.15) is 6.10 Å². The van der Waals surface area contributed by atoms with E-state index in [-0.39, 0.29) is 24.9 Å². The number of ether oxygens (including phenoxy) is 1. The van der Waals surface area contributed by atoms with Crippen LogP contribution >= 0.6 is 0 Å². The van der Waals surface area contributed by atoms with Crippen molar-refractivity contribution >= 4 is 11.9 Å². The number of hydrogen-bond donors (Lipinski definition) is 3. The van der Waals surface area contributed by atoms with Crippen molar-refractivity contribution in [3.8, 4) is 0 Å². The van der Waals surface area contributed by atoms with Crippen molar-refractivity contribution in [2.24, 2.45) is 0 Å². The van der Waals surface area contributed by atoms with Gasteiger partial charge in [0.05, 0.1) is 25.2 Å². The van der Waals surface area contributed by atoms with Gasteiger partial charge in [-0.2, -0.15) is 0 Å². The number of rotatable bonds is 45. The first kappa shape index (κ1) is 55.3. The van der Waals surface area contributed by atoms with E-state index in [1.54, 1.807) is 0 Å². The lowest BCUT2D eigenvalue weighted by Gasteiger charge is -2.24. The van der Waals surface area contributed by atoms with Crippen LogP contribution in [-0.4, -0.2) is 46.9 Å². The molecule has 0 rings (SSSR count). The first-order valence-electron chi connectivity index (χ1n) is 25.1. The smallest absolute Gasteiger partial charge is 0.306 e. The van der Waals surface area contributed by atoms with Crippen LogP contribution in [0.1, 0.15) is 265 Å². The average molecular weight is 804 g/mol. The van der Waals surface area contributed by atoms with E-state index in [1.807, 2.05) is 0 Å². The summed E-state index contributed by atoms with van der Waals surface area (Å²) in [6, 6.07) is -0.701. The van der Waals surface area contributed by atoms with E-state index in [9.17, 15) is 19.8 Å². The van der Waals surface area contributed by atoms with Crippen LogP contribution in [0.5, 0.6) is 0 Å². The summed E-state index contributed by atoms with van der Waals surface area (Å²) in [5, 5.41) is 23.7. The number of carbonyl (C=O) groups is 2. The largest absolute Gasteiger partial charge is 0.462 e. The number of esters is 1. The van der Waals surface area contributed by atoms with Gasteiger partial charge in [-0.25, -0.2) is 0 Å². The highest BCUT2D eigenvalue weighted by molar-refractivity contribution is 5.77. The summed E-state index contributed by atoms with van der Waals surface area (Å²) < 4.78 is 5.91.